The number of thiophene rings is 1. The van der Waals surface area contributed by atoms with Crippen molar-refractivity contribution in [3.05, 3.63) is 22.4 Å². The van der Waals surface area contributed by atoms with Crippen LogP contribution >= 0.6 is 24.0 Å². The summed E-state index contributed by atoms with van der Waals surface area (Å²) in [6.07, 6.45) is 1.40. The van der Waals surface area contributed by atoms with Crippen LogP contribution in [0.1, 0.15) is 18.9 Å². The molecule has 0 spiro atoms. The van der Waals surface area contributed by atoms with Gasteiger partial charge in [0, 0.05) is 12.5 Å². The van der Waals surface area contributed by atoms with Crippen LogP contribution < -0.4 is 5.32 Å². The number of amides is 1. The van der Waals surface area contributed by atoms with Gasteiger partial charge in [0.05, 0.1) is 0 Å². The van der Waals surface area contributed by atoms with Crippen LogP contribution in [-0.2, 0) is 11.2 Å². The topological polar surface area (TPSA) is 29.1 Å². The second kappa shape index (κ2) is 6.09. The van der Waals surface area contributed by atoms with Crippen molar-refractivity contribution < 1.29 is 4.79 Å². The Kier molecular flexibility index (Phi) is 5.04. The Morgan fingerprint density at radius 1 is 1.71 bits per heavy atom. The van der Waals surface area contributed by atoms with E-state index in [1.807, 2.05) is 6.92 Å². The SMILES string of the molecule is CC(Cc1ccsc1)NC(=O)CCS. The molecule has 1 atom stereocenters. The first-order chi connectivity index (χ1) is 6.72. The van der Waals surface area contributed by atoms with Crippen LogP contribution in [0, 0.1) is 0 Å². The van der Waals surface area contributed by atoms with Crippen LogP contribution in [-0.4, -0.2) is 17.7 Å². The van der Waals surface area contributed by atoms with E-state index < -0.39 is 0 Å². The molecule has 1 amide bonds. The van der Waals surface area contributed by atoms with E-state index in [9.17, 15) is 4.79 Å². The molecule has 0 aromatic carbocycles. The average molecular weight is 229 g/mol. The molecule has 1 rings (SSSR count). The summed E-state index contributed by atoms with van der Waals surface area (Å²) in [5, 5.41) is 7.10. The molecule has 78 valence electrons. The lowest BCUT2D eigenvalue weighted by molar-refractivity contribution is -0.121. The quantitative estimate of drug-likeness (QED) is 0.744. The highest BCUT2D eigenvalue weighted by molar-refractivity contribution is 7.80. The molecule has 1 aromatic rings. The molecule has 14 heavy (non-hydrogen) atoms. The van der Waals surface area contributed by atoms with E-state index in [1.54, 1.807) is 11.3 Å². The van der Waals surface area contributed by atoms with Gasteiger partial charge in [-0.05, 0) is 41.5 Å². The van der Waals surface area contributed by atoms with Crippen molar-refractivity contribution in [3.8, 4) is 0 Å². The highest BCUT2D eigenvalue weighted by atomic mass is 32.1. The number of carbonyl (C=O) groups is 1. The fourth-order valence-corrected chi connectivity index (χ4v) is 2.15. The fraction of sp³-hybridized carbons (Fsp3) is 0.500. The average Bonchev–Trinajstić information content (AvgIpc) is 2.56. The molecule has 1 aromatic heterocycles. The third-order valence-electron chi connectivity index (χ3n) is 1.87. The second-order valence-electron chi connectivity index (χ2n) is 3.28. The maximum absolute atomic E-state index is 11.2. The molecule has 0 aliphatic carbocycles. The predicted octanol–water partition coefficient (Wildman–Crippen LogP) is 2.12. The third kappa shape index (κ3) is 4.15. The fourth-order valence-electron chi connectivity index (χ4n) is 1.26. The summed E-state index contributed by atoms with van der Waals surface area (Å²) in [7, 11) is 0. The summed E-state index contributed by atoms with van der Waals surface area (Å²) in [4.78, 5) is 11.2. The number of hydrogen-bond acceptors (Lipinski definition) is 3. The molecule has 1 heterocycles. The molecule has 0 fully saturated rings. The highest BCUT2D eigenvalue weighted by Gasteiger charge is 2.07. The van der Waals surface area contributed by atoms with Crippen LogP contribution in [0.25, 0.3) is 0 Å². The first-order valence-corrected chi connectivity index (χ1v) is 6.21. The van der Waals surface area contributed by atoms with Gasteiger partial charge >= 0.3 is 0 Å². The zero-order valence-electron chi connectivity index (χ0n) is 8.19. The van der Waals surface area contributed by atoms with Gasteiger partial charge in [0.2, 0.25) is 5.91 Å². The molecule has 4 heteroatoms. The van der Waals surface area contributed by atoms with E-state index in [0.29, 0.717) is 12.2 Å². The van der Waals surface area contributed by atoms with Crippen molar-refractivity contribution in [1.29, 1.82) is 0 Å². The van der Waals surface area contributed by atoms with Crippen molar-refractivity contribution >= 4 is 29.9 Å². The third-order valence-corrected chi connectivity index (χ3v) is 2.82. The second-order valence-corrected chi connectivity index (χ2v) is 4.51. The van der Waals surface area contributed by atoms with E-state index in [2.05, 4.69) is 34.8 Å². The largest absolute Gasteiger partial charge is 0.353 e. The van der Waals surface area contributed by atoms with Gasteiger partial charge < -0.3 is 5.32 Å². The molecule has 1 N–H and O–H groups in total. The van der Waals surface area contributed by atoms with Crippen LogP contribution in [0.5, 0.6) is 0 Å². The zero-order valence-corrected chi connectivity index (χ0v) is 9.91. The Labute approximate surface area is 94.1 Å². The minimum Gasteiger partial charge on any atom is -0.353 e. The standard InChI is InChI=1S/C10H15NOS2/c1-8(11-10(12)2-4-13)6-9-3-5-14-7-9/h3,5,7-8,13H,2,4,6H2,1H3,(H,11,12). The van der Waals surface area contributed by atoms with Gasteiger partial charge in [0.25, 0.3) is 0 Å². The molecule has 0 radical (unpaired) electrons. The number of nitrogens with one attached hydrogen (secondary N) is 1. The van der Waals surface area contributed by atoms with Gasteiger partial charge in [0.15, 0.2) is 0 Å². The monoisotopic (exact) mass is 229 g/mol. The number of carbonyl (C=O) groups excluding carboxylic acids is 1. The summed E-state index contributed by atoms with van der Waals surface area (Å²) >= 11 is 5.70. The zero-order chi connectivity index (χ0) is 10.4. The summed E-state index contributed by atoms with van der Waals surface area (Å²) in [6, 6.07) is 2.29. The predicted molar refractivity (Wildman–Crippen MR) is 64.1 cm³/mol. The number of rotatable bonds is 5. The van der Waals surface area contributed by atoms with Crippen LogP contribution in [0.4, 0.5) is 0 Å². The van der Waals surface area contributed by atoms with Gasteiger partial charge in [0.1, 0.15) is 0 Å². The van der Waals surface area contributed by atoms with Crippen molar-refractivity contribution in [1.82, 2.24) is 5.32 Å². The lowest BCUT2D eigenvalue weighted by Gasteiger charge is -2.12. The van der Waals surface area contributed by atoms with E-state index in [4.69, 9.17) is 0 Å². The van der Waals surface area contributed by atoms with Crippen molar-refractivity contribution in [2.24, 2.45) is 0 Å². The Bertz CT molecular complexity index is 272. The molecule has 0 aliphatic heterocycles. The minimum atomic E-state index is 0.0859. The van der Waals surface area contributed by atoms with Gasteiger partial charge in [-0.1, -0.05) is 0 Å². The Morgan fingerprint density at radius 2 is 2.50 bits per heavy atom. The number of thiol groups is 1. The minimum absolute atomic E-state index is 0.0859. The van der Waals surface area contributed by atoms with Gasteiger partial charge in [-0.25, -0.2) is 0 Å². The molecule has 2 nitrogen and oxygen atoms in total. The first kappa shape index (κ1) is 11.6. The highest BCUT2D eigenvalue weighted by Crippen LogP contribution is 2.08. The van der Waals surface area contributed by atoms with E-state index >= 15 is 0 Å². The molecule has 0 saturated heterocycles. The Morgan fingerprint density at radius 3 is 3.07 bits per heavy atom. The molecule has 0 bridgehead atoms. The van der Waals surface area contributed by atoms with E-state index in [-0.39, 0.29) is 11.9 Å². The maximum Gasteiger partial charge on any atom is 0.221 e. The van der Waals surface area contributed by atoms with E-state index in [1.165, 1.54) is 5.56 Å². The van der Waals surface area contributed by atoms with Gasteiger partial charge in [-0.2, -0.15) is 24.0 Å². The molecular weight excluding hydrogens is 214 g/mol. The smallest absolute Gasteiger partial charge is 0.221 e. The normalized spacial score (nSPS) is 12.4. The maximum atomic E-state index is 11.2. The summed E-state index contributed by atoms with van der Waals surface area (Å²) in [6.45, 7) is 2.02. The first-order valence-electron chi connectivity index (χ1n) is 4.63. The lowest BCUT2D eigenvalue weighted by Crippen LogP contribution is -2.34. The molecule has 0 aliphatic rings. The molecule has 1 unspecified atom stereocenters. The van der Waals surface area contributed by atoms with Gasteiger partial charge in [-0.3, -0.25) is 4.79 Å². The summed E-state index contributed by atoms with van der Waals surface area (Å²) in [5.74, 6) is 0.694. The Hall–Kier alpha value is -0.480. The lowest BCUT2D eigenvalue weighted by atomic mass is 10.1. The summed E-state index contributed by atoms with van der Waals surface area (Å²) in [5.41, 5.74) is 1.29. The Balaban J connectivity index is 2.29. The van der Waals surface area contributed by atoms with Crippen molar-refractivity contribution in [2.45, 2.75) is 25.8 Å². The van der Waals surface area contributed by atoms with Crippen molar-refractivity contribution in [3.63, 3.8) is 0 Å². The van der Waals surface area contributed by atoms with Crippen molar-refractivity contribution in [2.75, 3.05) is 5.75 Å². The molecule has 0 saturated carbocycles. The summed E-state index contributed by atoms with van der Waals surface area (Å²) < 4.78 is 0. The van der Waals surface area contributed by atoms with Crippen LogP contribution in [0.3, 0.4) is 0 Å². The number of hydrogen-bond donors (Lipinski definition) is 2. The molecular formula is C10H15NOS2. The van der Waals surface area contributed by atoms with Gasteiger partial charge in [-0.15, -0.1) is 0 Å². The van der Waals surface area contributed by atoms with Crippen LogP contribution in [0.2, 0.25) is 0 Å². The van der Waals surface area contributed by atoms with E-state index in [0.717, 1.165) is 6.42 Å². The van der Waals surface area contributed by atoms with Crippen LogP contribution in [0.15, 0.2) is 16.8 Å².